The molecule has 3 N–H and O–H groups in total. The van der Waals surface area contributed by atoms with Gasteiger partial charge < -0.3 is 15.3 Å². The van der Waals surface area contributed by atoms with Crippen LogP contribution in [0.15, 0.2) is 11.6 Å². The van der Waals surface area contributed by atoms with Crippen LogP contribution in [0.4, 0.5) is 0 Å². The van der Waals surface area contributed by atoms with Gasteiger partial charge in [-0.2, -0.15) is 0 Å². The Labute approximate surface area is 139 Å². The average Bonchev–Trinajstić information content (AvgIpc) is 2.69. The molecule has 3 saturated carbocycles. The number of fused-ring (bicyclic) bond motifs is 5. The smallest absolute Gasteiger partial charge is 0.0676 e. The van der Waals surface area contributed by atoms with Crippen molar-refractivity contribution in [2.75, 3.05) is 0 Å². The Morgan fingerprint density at radius 3 is 2.57 bits per heavy atom. The highest BCUT2D eigenvalue weighted by Crippen LogP contribution is 2.66. The molecular weight excluding hydrogens is 288 g/mol. The van der Waals surface area contributed by atoms with Crippen LogP contribution < -0.4 is 0 Å². The minimum atomic E-state index is -0.655. The van der Waals surface area contributed by atoms with Crippen LogP contribution in [0.1, 0.15) is 65.7 Å². The lowest BCUT2D eigenvalue weighted by molar-refractivity contribution is -0.162. The molecule has 3 nitrogen and oxygen atoms in total. The van der Waals surface area contributed by atoms with E-state index >= 15 is 0 Å². The largest absolute Gasteiger partial charge is 0.393 e. The Hall–Kier alpha value is -0.380. The van der Waals surface area contributed by atoms with E-state index in [9.17, 15) is 15.3 Å². The van der Waals surface area contributed by atoms with Gasteiger partial charge in [0.2, 0.25) is 0 Å². The minimum absolute atomic E-state index is 0.0390. The summed E-state index contributed by atoms with van der Waals surface area (Å²) in [5.41, 5.74) is 0.600. The van der Waals surface area contributed by atoms with Gasteiger partial charge in [-0.05, 0) is 75.0 Å². The highest BCUT2D eigenvalue weighted by molar-refractivity contribution is 5.27. The van der Waals surface area contributed by atoms with Gasteiger partial charge in [-0.15, -0.1) is 0 Å². The molecule has 0 aromatic rings. The molecule has 0 aliphatic heterocycles. The van der Waals surface area contributed by atoms with E-state index in [2.05, 4.69) is 19.9 Å². The molecule has 0 spiro atoms. The monoisotopic (exact) mass is 320 g/mol. The van der Waals surface area contributed by atoms with Gasteiger partial charge in [-0.3, -0.25) is 0 Å². The number of allylic oxidation sites excluding steroid dienone is 1. The third-order valence-electron chi connectivity index (χ3n) is 8.57. The molecular formula is C20H32O3. The number of hydrogen-bond donors (Lipinski definition) is 3. The summed E-state index contributed by atoms with van der Waals surface area (Å²) < 4.78 is 0. The zero-order valence-electron chi connectivity index (χ0n) is 14.8. The van der Waals surface area contributed by atoms with Crippen LogP contribution in [0, 0.1) is 28.6 Å². The quantitative estimate of drug-likeness (QED) is 0.601. The second-order valence-corrected chi connectivity index (χ2v) is 9.58. The minimum Gasteiger partial charge on any atom is -0.393 e. The first-order chi connectivity index (χ1) is 10.7. The van der Waals surface area contributed by atoms with Gasteiger partial charge in [0, 0.05) is 5.41 Å². The third-order valence-corrected chi connectivity index (χ3v) is 8.57. The van der Waals surface area contributed by atoms with E-state index in [1.807, 2.05) is 6.92 Å². The van der Waals surface area contributed by atoms with Gasteiger partial charge in [-0.25, -0.2) is 0 Å². The molecule has 0 aromatic heterocycles. The summed E-state index contributed by atoms with van der Waals surface area (Å²) in [5.74, 6) is 1.27. The summed E-state index contributed by atoms with van der Waals surface area (Å²) in [6, 6.07) is 0. The molecule has 130 valence electrons. The molecule has 4 aliphatic carbocycles. The third kappa shape index (κ3) is 1.99. The Kier molecular flexibility index (Phi) is 3.38. The second-order valence-electron chi connectivity index (χ2n) is 9.58. The fraction of sp³-hybridized carbons (Fsp3) is 0.900. The van der Waals surface area contributed by atoms with Crippen molar-refractivity contribution in [3.05, 3.63) is 11.6 Å². The summed E-state index contributed by atoms with van der Waals surface area (Å²) >= 11 is 0. The number of aliphatic hydroxyl groups excluding tert-OH is 2. The highest BCUT2D eigenvalue weighted by atomic mass is 16.3. The summed E-state index contributed by atoms with van der Waals surface area (Å²) in [5, 5.41) is 32.1. The lowest BCUT2D eigenvalue weighted by atomic mass is 9.46. The zero-order chi connectivity index (χ0) is 16.6. The van der Waals surface area contributed by atoms with Crippen molar-refractivity contribution in [1.29, 1.82) is 0 Å². The van der Waals surface area contributed by atoms with Crippen LogP contribution >= 0.6 is 0 Å². The maximum Gasteiger partial charge on any atom is 0.0676 e. The highest BCUT2D eigenvalue weighted by Gasteiger charge is 2.64. The Bertz CT molecular complexity index is 539. The van der Waals surface area contributed by atoms with Gasteiger partial charge in [0.15, 0.2) is 0 Å². The van der Waals surface area contributed by atoms with E-state index in [-0.39, 0.29) is 23.0 Å². The predicted octanol–water partition coefficient (Wildman–Crippen LogP) is 3.03. The van der Waals surface area contributed by atoms with E-state index in [1.54, 1.807) is 0 Å². The molecule has 23 heavy (non-hydrogen) atoms. The van der Waals surface area contributed by atoms with E-state index in [0.717, 1.165) is 44.9 Å². The number of hydrogen-bond acceptors (Lipinski definition) is 3. The van der Waals surface area contributed by atoms with Gasteiger partial charge >= 0.3 is 0 Å². The van der Waals surface area contributed by atoms with Crippen molar-refractivity contribution < 1.29 is 15.3 Å². The van der Waals surface area contributed by atoms with Crippen molar-refractivity contribution >= 4 is 0 Å². The van der Waals surface area contributed by atoms with Crippen LogP contribution in [0.25, 0.3) is 0 Å². The molecule has 3 heteroatoms. The van der Waals surface area contributed by atoms with Crippen LogP contribution in [0.2, 0.25) is 0 Å². The first-order valence-electron chi connectivity index (χ1n) is 9.47. The fourth-order valence-electron chi connectivity index (χ4n) is 6.99. The zero-order valence-corrected chi connectivity index (χ0v) is 14.8. The predicted molar refractivity (Wildman–Crippen MR) is 89.7 cm³/mol. The summed E-state index contributed by atoms with van der Waals surface area (Å²) in [6.07, 6.45) is 8.11. The molecule has 4 aliphatic rings. The molecule has 0 radical (unpaired) electrons. The maximum atomic E-state index is 11.1. The lowest BCUT2D eigenvalue weighted by Gasteiger charge is -2.60. The van der Waals surface area contributed by atoms with Crippen LogP contribution in [-0.2, 0) is 0 Å². The first kappa shape index (κ1) is 16.1. The molecule has 0 aromatic carbocycles. The lowest BCUT2D eigenvalue weighted by Crippen LogP contribution is -2.59. The SMILES string of the molecule is C[C@]12CC[C@@H](O)CC1=CC[C@@H]1[C@@H]2[C@@H](O)C[C@@]2(C)[C@H]1CC[C@@]2(C)O. The van der Waals surface area contributed by atoms with Gasteiger partial charge in [0.1, 0.15) is 0 Å². The van der Waals surface area contributed by atoms with Crippen LogP contribution in [0.5, 0.6) is 0 Å². The summed E-state index contributed by atoms with van der Waals surface area (Å²) in [4.78, 5) is 0. The number of aliphatic hydroxyl groups is 3. The molecule has 4 rings (SSSR count). The normalized spacial score (nSPS) is 58.9. The van der Waals surface area contributed by atoms with Gasteiger partial charge in [0.25, 0.3) is 0 Å². The Morgan fingerprint density at radius 1 is 1.09 bits per heavy atom. The molecule has 0 unspecified atom stereocenters. The van der Waals surface area contributed by atoms with Crippen LogP contribution in [-0.4, -0.2) is 33.1 Å². The maximum absolute atomic E-state index is 11.1. The van der Waals surface area contributed by atoms with Crippen molar-refractivity contribution in [2.24, 2.45) is 28.6 Å². The summed E-state index contributed by atoms with van der Waals surface area (Å²) in [6.45, 7) is 6.50. The van der Waals surface area contributed by atoms with E-state index in [0.29, 0.717) is 17.8 Å². The van der Waals surface area contributed by atoms with Crippen molar-refractivity contribution in [1.82, 2.24) is 0 Å². The number of rotatable bonds is 0. The van der Waals surface area contributed by atoms with Crippen LogP contribution in [0.3, 0.4) is 0 Å². The molecule has 0 bridgehead atoms. The molecule has 3 fully saturated rings. The summed E-state index contributed by atoms with van der Waals surface area (Å²) in [7, 11) is 0. The van der Waals surface area contributed by atoms with Crippen molar-refractivity contribution in [2.45, 2.75) is 83.5 Å². The Morgan fingerprint density at radius 2 is 1.83 bits per heavy atom. The molecule has 0 amide bonds. The average molecular weight is 320 g/mol. The van der Waals surface area contributed by atoms with E-state index in [1.165, 1.54) is 5.57 Å². The van der Waals surface area contributed by atoms with E-state index < -0.39 is 5.60 Å². The van der Waals surface area contributed by atoms with Crippen molar-refractivity contribution in [3.8, 4) is 0 Å². The van der Waals surface area contributed by atoms with E-state index in [4.69, 9.17) is 0 Å². The van der Waals surface area contributed by atoms with Gasteiger partial charge in [-0.1, -0.05) is 25.5 Å². The Balaban J connectivity index is 1.74. The molecule has 0 saturated heterocycles. The molecule has 8 atom stereocenters. The van der Waals surface area contributed by atoms with Crippen molar-refractivity contribution in [3.63, 3.8) is 0 Å². The fourth-order valence-corrected chi connectivity index (χ4v) is 6.99. The first-order valence-corrected chi connectivity index (χ1v) is 9.47. The topological polar surface area (TPSA) is 60.7 Å². The molecule has 0 heterocycles. The van der Waals surface area contributed by atoms with Gasteiger partial charge in [0.05, 0.1) is 17.8 Å². The second kappa shape index (κ2) is 4.83. The standard InChI is InChI=1S/C20H32O3/c1-18-8-6-13(21)10-12(18)4-5-14-15-7-9-20(3,23)19(15,2)11-16(22)17(14)18/h4,13-17,21-23H,5-11H2,1-3H3/t13-,14+,15+,16+,17-,18+,19+,20-/m1/s1.